The van der Waals surface area contributed by atoms with E-state index in [-0.39, 0.29) is 11.6 Å². The first kappa shape index (κ1) is 15.6. The third-order valence-electron chi connectivity index (χ3n) is 3.05. The summed E-state index contributed by atoms with van der Waals surface area (Å²) in [5.74, 6) is -2.26. The highest BCUT2D eigenvalue weighted by molar-refractivity contribution is 7.89. The van der Waals surface area contributed by atoms with E-state index >= 15 is 0 Å². The number of nitrogens with zero attached hydrogens (tertiary/aromatic N) is 1. The quantitative estimate of drug-likeness (QED) is 0.899. The van der Waals surface area contributed by atoms with Crippen molar-refractivity contribution >= 4 is 16.0 Å². The summed E-state index contributed by atoms with van der Waals surface area (Å²) in [6.07, 6.45) is 0.565. The van der Waals surface area contributed by atoms with Crippen LogP contribution in [0.4, 0.5) is 4.39 Å². The highest BCUT2D eigenvalue weighted by atomic mass is 32.2. The van der Waals surface area contributed by atoms with Gasteiger partial charge >= 0.3 is 5.97 Å². The molecule has 1 unspecified atom stereocenters. The van der Waals surface area contributed by atoms with E-state index in [1.807, 2.05) is 0 Å². The topological polar surface area (TPSA) is 74.7 Å². The first-order valence-corrected chi connectivity index (χ1v) is 7.16. The van der Waals surface area contributed by atoms with Gasteiger partial charge in [0.25, 0.3) is 0 Å². The van der Waals surface area contributed by atoms with Gasteiger partial charge in [-0.15, -0.1) is 0 Å². The summed E-state index contributed by atoms with van der Waals surface area (Å²) in [5, 5.41) is 8.83. The van der Waals surface area contributed by atoms with Crippen LogP contribution < -0.4 is 0 Å². The zero-order chi connectivity index (χ0) is 14.8. The van der Waals surface area contributed by atoms with Gasteiger partial charge in [-0.1, -0.05) is 6.92 Å². The van der Waals surface area contributed by atoms with Gasteiger partial charge in [0, 0.05) is 13.1 Å². The first-order chi connectivity index (χ1) is 8.71. The average Bonchev–Trinajstić information content (AvgIpc) is 2.36. The molecule has 0 aliphatic rings. The van der Waals surface area contributed by atoms with Crippen LogP contribution in [-0.4, -0.2) is 36.9 Å². The maximum absolute atomic E-state index is 13.7. The van der Waals surface area contributed by atoms with E-state index in [2.05, 4.69) is 0 Å². The number of rotatable bonds is 5. The number of carbonyl (C=O) groups is 1. The Labute approximate surface area is 111 Å². The number of halogens is 1. The predicted octanol–water partition coefficient (Wildman–Crippen LogP) is 1.94. The van der Waals surface area contributed by atoms with Crippen molar-refractivity contribution in [1.82, 2.24) is 4.31 Å². The van der Waals surface area contributed by atoms with Gasteiger partial charge in [0.2, 0.25) is 10.0 Å². The zero-order valence-corrected chi connectivity index (χ0v) is 11.7. The van der Waals surface area contributed by atoms with Crippen molar-refractivity contribution in [2.45, 2.75) is 31.2 Å². The second-order valence-corrected chi connectivity index (χ2v) is 6.19. The summed E-state index contributed by atoms with van der Waals surface area (Å²) in [6.45, 7) is 3.50. The molecule has 1 aromatic carbocycles. The van der Waals surface area contributed by atoms with Crippen molar-refractivity contribution in [2.75, 3.05) is 7.05 Å². The summed E-state index contributed by atoms with van der Waals surface area (Å²) in [5.41, 5.74) is -0.266. The Kier molecular flexibility index (Phi) is 4.65. The molecule has 19 heavy (non-hydrogen) atoms. The molecular weight excluding hydrogens is 273 g/mol. The van der Waals surface area contributed by atoms with Gasteiger partial charge in [0.1, 0.15) is 10.7 Å². The molecule has 0 aromatic heterocycles. The fourth-order valence-electron chi connectivity index (χ4n) is 1.48. The van der Waals surface area contributed by atoms with Crippen LogP contribution in [0.3, 0.4) is 0 Å². The second-order valence-electron chi connectivity index (χ2n) is 4.23. The lowest BCUT2D eigenvalue weighted by molar-refractivity contribution is 0.0696. The molecule has 0 fully saturated rings. The van der Waals surface area contributed by atoms with E-state index in [4.69, 9.17) is 5.11 Å². The van der Waals surface area contributed by atoms with Crippen molar-refractivity contribution in [3.05, 3.63) is 29.6 Å². The van der Waals surface area contributed by atoms with Crippen LogP contribution in [0.2, 0.25) is 0 Å². The van der Waals surface area contributed by atoms with Crippen molar-refractivity contribution < 1.29 is 22.7 Å². The van der Waals surface area contributed by atoms with Crippen molar-refractivity contribution in [2.24, 2.45) is 0 Å². The zero-order valence-electron chi connectivity index (χ0n) is 10.9. The van der Waals surface area contributed by atoms with Crippen LogP contribution in [0.1, 0.15) is 30.6 Å². The van der Waals surface area contributed by atoms with Crippen molar-refractivity contribution in [3.8, 4) is 0 Å². The Balaban J connectivity index is 3.36. The van der Waals surface area contributed by atoms with Crippen LogP contribution in [-0.2, 0) is 10.0 Å². The molecule has 0 aliphatic heterocycles. The molecule has 0 amide bonds. The fourth-order valence-corrected chi connectivity index (χ4v) is 3.01. The molecular formula is C12H16FNO4S. The van der Waals surface area contributed by atoms with Gasteiger partial charge in [-0.05, 0) is 31.5 Å². The molecule has 0 saturated heterocycles. The highest BCUT2D eigenvalue weighted by Gasteiger charge is 2.28. The van der Waals surface area contributed by atoms with Crippen LogP contribution in [0.5, 0.6) is 0 Å². The smallest absolute Gasteiger partial charge is 0.335 e. The number of carboxylic acid groups (broad SMARTS) is 1. The number of benzene rings is 1. The number of aromatic carboxylic acids is 1. The maximum Gasteiger partial charge on any atom is 0.335 e. The highest BCUT2D eigenvalue weighted by Crippen LogP contribution is 2.22. The van der Waals surface area contributed by atoms with Crippen LogP contribution >= 0.6 is 0 Å². The molecule has 7 heteroatoms. The molecule has 1 aromatic rings. The molecule has 1 atom stereocenters. The van der Waals surface area contributed by atoms with Gasteiger partial charge in [0.05, 0.1) is 5.56 Å². The van der Waals surface area contributed by atoms with Gasteiger partial charge < -0.3 is 5.11 Å². The molecule has 1 rings (SSSR count). The molecule has 0 bridgehead atoms. The lowest BCUT2D eigenvalue weighted by atomic mass is 10.2. The molecule has 5 nitrogen and oxygen atoms in total. The molecule has 106 valence electrons. The molecule has 0 heterocycles. The minimum atomic E-state index is -4.04. The number of hydrogen-bond donors (Lipinski definition) is 1. The maximum atomic E-state index is 13.7. The van der Waals surface area contributed by atoms with Gasteiger partial charge in [0.15, 0.2) is 0 Å². The second kappa shape index (κ2) is 5.66. The summed E-state index contributed by atoms with van der Waals surface area (Å²) in [7, 11) is -2.70. The largest absolute Gasteiger partial charge is 0.478 e. The first-order valence-electron chi connectivity index (χ1n) is 5.72. The summed E-state index contributed by atoms with van der Waals surface area (Å²) < 4.78 is 39.1. The van der Waals surface area contributed by atoms with Crippen molar-refractivity contribution in [3.63, 3.8) is 0 Å². The SMILES string of the molecule is CCC(C)N(C)S(=O)(=O)c1cc(C(=O)O)ccc1F. The Hall–Kier alpha value is -1.47. The average molecular weight is 289 g/mol. The number of hydrogen-bond acceptors (Lipinski definition) is 3. The predicted molar refractivity (Wildman–Crippen MR) is 68.1 cm³/mol. The lowest BCUT2D eigenvalue weighted by Gasteiger charge is -2.23. The Bertz CT molecular complexity index is 585. The van der Waals surface area contributed by atoms with Crippen LogP contribution in [0.15, 0.2) is 23.1 Å². The minimum Gasteiger partial charge on any atom is -0.478 e. The third kappa shape index (κ3) is 3.10. The van der Waals surface area contributed by atoms with E-state index in [1.165, 1.54) is 7.05 Å². The number of sulfonamides is 1. The van der Waals surface area contributed by atoms with Gasteiger partial charge in [-0.25, -0.2) is 17.6 Å². The lowest BCUT2D eigenvalue weighted by Crippen LogP contribution is -2.35. The minimum absolute atomic E-state index is 0.266. The Morgan fingerprint density at radius 3 is 2.53 bits per heavy atom. The van der Waals surface area contributed by atoms with Gasteiger partial charge in [-0.3, -0.25) is 0 Å². The van der Waals surface area contributed by atoms with E-state index in [0.29, 0.717) is 6.42 Å². The monoisotopic (exact) mass is 289 g/mol. The van der Waals surface area contributed by atoms with E-state index < -0.39 is 26.7 Å². The molecule has 1 N–H and O–H groups in total. The summed E-state index contributed by atoms with van der Waals surface area (Å²) in [4.78, 5) is 10.2. The Morgan fingerprint density at radius 1 is 1.47 bits per heavy atom. The third-order valence-corrected chi connectivity index (χ3v) is 5.03. The van der Waals surface area contributed by atoms with Crippen LogP contribution in [0, 0.1) is 5.82 Å². The number of carboxylic acids is 1. The standard InChI is InChI=1S/C12H16FNO4S/c1-4-8(2)14(3)19(17,18)11-7-9(12(15)16)5-6-10(11)13/h5-8H,4H2,1-3H3,(H,15,16). The van der Waals surface area contributed by atoms with Crippen LogP contribution in [0.25, 0.3) is 0 Å². The van der Waals surface area contributed by atoms with E-state index in [9.17, 15) is 17.6 Å². The molecule has 0 aliphatic carbocycles. The van der Waals surface area contributed by atoms with E-state index in [1.54, 1.807) is 13.8 Å². The Morgan fingerprint density at radius 2 is 2.05 bits per heavy atom. The fraction of sp³-hybridized carbons (Fsp3) is 0.417. The molecule has 0 radical (unpaired) electrons. The molecule has 0 spiro atoms. The molecule has 0 saturated carbocycles. The normalized spacial score (nSPS) is 13.5. The van der Waals surface area contributed by atoms with Gasteiger partial charge in [-0.2, -0.15) is 4.31 Å². The van der Waals surface area contributed by atoms with Crippen molar-refractivity contribution in [1.29, 1.82) is 0 Å². The summed E-state index contributed by atoms with van der Waals surface area (Å²) in [6, 6.07) is 2.41. The summed E-state index contributed by atoms with van der Waals surface area (Å²) >= 11 is 0. The van der Waals surface area contributed by atoms with E-state index in [0.717, 1.165) is 22.5 Å².